The average molecular weight is 131 g/mol. The summed E-state index contributed by atoms with van der Waals surface area (Å²) in [5.74, 6) is 0. The Bertz CT molecular complexity index is 124. The zero-order valence-electron chi connectivity index (χ0n) is 4.89. The molecule has 46 valence electrons. The molecule has 0 fully saturated rings. The van der Waals surface area contributed by atoms with Crippen molar-refractivity contribution in [2.24, 2.45) is 4.36 Å². The van der Waals surface area contributed by atoms with Crippen molar-refractivity contribution in [1.29, 1.82) is 0 Å². The highest BCUT2D eigenvalue weighted by Crippen LogP contribution is 1.93. The lowest BCUT2D eigenvalue weighted by atomic mass is 10.2. The zero-order valence-corrected chi connectivity index (χ0v) is 5.70. The van der Waals surface area contributed by atoms with Gasteiger partial charge in [0.15, 0.2) is 11.5 Å². The van der Waals surface area contributed by atoms with Gasteiger partial charge >= 0.3 is 0 Å². The highest BCUT2D eigenvalue weighted by atomic mass is 32.1. The fourth-order valence-electron chi connectivity index (χ4n) is 0.274. The third-order valence-electron chi connectivity index (χ3n) is 0.683. The summed E-state index contributed by atoms with van der Waals surface area (Å²) in [6.07, 6.45) is 0.829. The molecule has 0 amide bonds. The molecule has 0 radical (unpaired) electrons. The topological polar surface area (TPSA) is 29.4 Å². The van der Waals surface area contributed by atoms with Gasteiger partial charge in [0.1, 0.15) is 0 Å². The summed E-state index contributed by atoms with van der Waals surface area (Å²) in [4.78, 5) is 0. The maximum Gasteiger partial charge on any atom is 0.199 e. The molecule has 0 spiro atoms. The predicted octanol–water partition coefficient (Wildman–Crippen LogP) is 1.35. The maximum absolute atomic E-state index is 9.63. The molecule has 2 nitrogen and oxygen atoms in total. The van der Waals surface area contributed by atoms with Gasteiger partial charge in [-0.3, -0.25) is 0 Å². The van der Waals surface area contributed by atoms with Gasteiger partial charge in [-0.2, -0.15) is 8.57 Å². The van der Waals surface area contributed by atoms with E-state index in [-0.39, 0.29) is 11.5 Å². The highest BCUT2D eigenvalue weighted by molar-refractivity contribution is 7.54. The van der Waals surface area contributed by atoms with Crippen molar-refractivity contribution >= 4 is 11.5 Å². The quantitative estimate of drug-likeness (QED) is 0.531. The van der Waals surface area contributed by atoms with Crippen LogP contribution in [0, 0.1) is 0 Å². The molecule has 0 bridgehead atoms. The summed E-state index contributed by atoms with van der Waals surface area (Å²) in [7, 11) is 0. The van der Waals surface area contributed by atoms with E-state index in [1.165, 1.54) is 0 Å². The van der Waals surface area contributed by atoms with Crippen molar-refractivity contribution < 1.29 is 4.21 Å². The van der Waals surface area contributed by atoms with Gasteiger partial charge in [-0.05, 0) is 13.3 Å². The van der Waals surface area contributed by atoms with Gasteiger partial charge in [-0.1, -0.05) is 5.57 Å². The highest BCUT2D eigenvalue weighted by Gasteiger charge is 1.81. The monoisotopic (exact) mass is 131 g/mol. The summed E-state index contributed by atoms with van der Waals surface area (Å²) < 4.78 is 13.1. The Morgan fingerprint density at radius 1 is 1.88 bits per heavy atom. The number of hydrogen-bond acceptors (Lipinski definition) is 2. The number of nitrogens with zero attached hydrogens (tertiary/aromatic N) is 1. The van der Waals surface area contributed by atoms with E-state index >= 15 is 0 Å². The lowest BCUT2D eigenvalue weighted by molar-refractivity contribution is 0.696. The van der Waals surface area contributed by atoms with Crippen molar-refractivity contribution in [3.8, 4) is 0 Å². The molecule has 0 aliphatic rings. The zero-order chi connectivity index (χ0) is 6.41. The van der Waals surface area contributed by atoms with Crippen molar-refractivity contribution in [1.82, 2.24) is 0 Å². The molecule has 0 aromatic heterocycles. The van der Waals surface area contributed by atoms with Crippen LogP contribution in [0.2, 0.25) is 0 Å². The molecule has 0 aromatic carbocycles. The summed E-state index contributed by atoms with van der Waals surface area (Å²) in [5.41, 5.74) is 1.07. The molecule has 0 rings (SSSR count). The molecule has 8 heavy (non-hydrogen) atoms. The second-order valence-corrected chi connectivity index (χ2v) is 2.04. The molecular weight excluding hydrogens is 122 g/mol. The van der Waals surface area contributed by atoms with E-state index in [2.05, 4.69) is 10.9 Å². The van der Waals surface area contributed by atoms with Gasteiger partial charge < -0.3 is 0 Å². The fraction of sp³-hybridized carbons (Fsp3) is 0.600. The van der Waals surface area contributed by atoms with Crippen LogP contribution in [0.4, 0.5) is 0 Å². The number of rotatable bonds is 3. The first kappa shape index (κ1) is 7.56. The minimum Gasteiger partial charge on any atom is -0.194 e. The van der Waals surface area contributed by atoms with Gasteiger partial charge in [0, 0.05) is 0 Å². The van der Waals surface area contributed by atoms with Crippen molar-refractivity contribution in [2.45, 2.75) is 13.3 Å². The Hall–Kier alpha value is -0.440. The Morgan fingerprint density at radius 3 is 2.88 bits per heavy atom. The first-order chi connectivity index (χ1) is 3.77. The SMILES string of the molecule is C=C(C)CCN=S=O. The standard InChI is InChI=1S/C5H9NOS/c1-5(2)3-4-6-8-7/h1,3-4H2,2H3. The summed E-state index contributed by atoms with van der Waals surface area (Å²) in [5, 5.41) is 0. The molecule has 0 aliphatic carbocycles. The molecule has 0 heterocycles. The summed E-state index contributed by atoms with van der Waals surface area (Å²) in [6.45, 7) is 6.18. The van der Waals surface area contributed by atoms with Gasteiger partial charge in [0.05, 0.1) is 6.54 Å². The fourth-order valence-corrected chi connectivity index (χ4v) is 0.440. The van der Waals surface area contributed by atoms with E-state index in [9.17, 15) is 4.21 Å². The van der Waals surface area contributed by atoms with Crippen LogP contribution in [0.1, 0.15) is 13.3 Å². The first-order valence-corrected chi connectivity index (χ1v) is 3.07. The molecule has 3 heteroatoms. The lowest BCUT2D eigenvalue weighted by Gasteiger charge is -1.87. The maximum atomic E-state index is 9.63. The van der Waals surface area contributed by atoms with E-state index in [1.54, 1.807) is 0 Å². The predicted molar refractivity (Wildman–Crippen MR) is 34.9 cm³/mol. The Morgan fingerprint density at radius 2 is 2.50 bits per heavy atom. The Labute approximate surface area is 52.9 Å². The van der Waals surface area contributed by atoms with Gasteiger partial charge in [-0.25, -0.2) is 0 Å². The smallest absolute Gasteiger partial charge is 0.194 e. The molecule has 0 atom stereocenters. The van der Waals surface area contributed by atoms with E-state index in [0.29, 0.717) is 6.54 Å². The van der Waals surface area contributed by atoms with Crippen LogP contribution in [0.15, 0.2) is 16.5 Å². The Kier molecular flexibility index (Phi) is 4.45. The molecular formula is C5H9NOS. The van der Waals surface area contributed by atoms with Crippen molar-refractivity contribution in [3.05, 3.63) is 12.2 Å². The second-order valence-electron chi connectivity index (χ2n) is 1.63. The largest absolute Gasteiger partial charge is 0.199 e. The first-order valence-electron chi connectivity index (χ1n) is 2.37. The average Bonchev–Trinajstić information content (AvgIpc) is 1.66. The minimum atomic E-state index is 0.277. The minimum absolute atomic E-state index is 0.277. The Balaban J connectivity index is 3.18. The van der Waals surface area contributed by atoms with Crippen molar-refractivity contribution in [3.63, 3.8) is 0 Å². The molecule has 0 aromatic rings. The summed E-state index contributed by atoms with van der Waals surface area (Å²) >= 11 is 0.277. The van der Waals surface area contributed by atoms with Crippen LogP contribution in [-0.2, 0) is 11.5 Å². The number of hydrogen-bond donors (Lipinski definition) is 0. The molecule has 0 aliphatic heterocycles. The molecule has 0 unspecified atom stereocenters. The molecule has 0 N–H and O–H groups in total. The van der Waals surface area contributed by atoms with Crippen LogP contribution >= 0.6 is 0 Å². The molecule has 0 saturated heterocycles. The van der Waals surface area contributed by atoms with E-state index in [0.717, 1.165) is 12.0 Å². The van der Waals surface area contributed by atoms with E-state index in [1.807, 2.05) is 6.92 Å². The van der Waals surface area contributed by atoms with Gasteiger partial charge in [0.25, 0.3) is 0 Å². The normalized spacial score (nSPS) is 8.12. The van der Waals surface area contributed by atoms with Crippen LogP contribution in [0.25, 0.3) is 0 Å². The lowest BCUT2D eigenvalue weighted by Crippen LogP contribution is -1.78. The van der Waals surface area contributed by atoms with Crippen LogP contribution < -0.4 is 0 Å². The second kappa shape index (κ2) is 4.71. The van der Waals surface area contributed by atoms with Gasteiger partial charge in [0.2, 0.25) is 0 Å². The summed E-state index contributed by atoms with van der Waals surface area (Å²) in [6, 6.07) is 0. The van der Waals surface area contributed by atoms with Crippen LogP contribution in [-0.4, -0.2) is 10.8 Å². The third kappa shape index (κ3) is 5.56. The van der Waals surface area contributed by atoms with Crippen molar-refractivity contribution in [2.75, 3.05) is 6.54 Å². The van der Waals surface area contributed by atoms with E-state index < -0.39 is 0 Å². The molecule has 0 saturated carbocycles. The van der Waals surface area contributed by atoms with Crippen LogP contribution in [0.3, 0.4) is 0 Å². The van der Waals surface area contributed by atoms with Crippen LogP contribution in [0.5, 0.6) is 0 Å². The van der Waals surface area contributed by atoms with Gasteiger partial charge in [-0.15, -0.1) is 6.58 Å². The third-order valence-corrected chi connectivity index (χ3v) is 0.971. The van der Waals surface area contributed by atoms with E-state index in [4.69, 9.17) is 0 Å².